The standard InChI is InChI=1S/C8H15N3O2/c1-9-8(13)10-6-3-4-7(12)11(2)5-6/h6H,3-5H2,1-2H3,(H2,9,10,13). The van der Waals surface area contributed by atoms with Crippen LogP contribution in [0.25, 0.3) is 0 Å². The number of rotatable bonds is 1. The number of nitrogens with zero attached hydrogens (tertiary/aromatic N) is 1. The van der Waals surface area contributed by atoms with Gasteiger partial charge in [0.05, 0.1) is 0 Å². The molecular weight excluding hydrogens is 170 g/mol. The molecule has 1 saturated heterocycles. The molecule has 13 heavy (non-hydrogen) atoms. The van der Waals surface area contributed by atoms with Crippen molar-refractivity contribution in [3.05, 3.63) is 0 Å². The van der Waals surface area contributed by atoms with Crippen LogP contribution in [0.4, 0.5) is 4.79 Å². The topological polar surface area (TPSA) is 61.4 Å². The maximum Gasteiger partial charge on any atom is 0.314 e. The number of amides is 3. The van der Waals surface area contributed by atoms with E-state index in [1.807, 2.05) is 0 Å². The lowest BCUT2D eigenvalue weighted by Gasteiger charge is -2.29. The molecule has 5 heteroatoms. The molecule has 1 aliphatic rings. The first-order valence-electron chi connectivity index (χ1n) is 4.35. The van der Waals surface area contributed by atoms with Crippen LogP contribution in [0.15, 0.2) is 0 Å². The number of piperidine rings is 1. The van der Waals surface area contributed by atoms with E-state index < -0.39 is 0 Å². The first kappa shape index (κ1) is 9.83. The van der Waals surface area contributed by atoms with E-state index in [4.69, 9.17) is 0 Å². The van der Waals surface area contributed by atoms with Crippen LogP contribution in [-0.2, 0) is 4.79 Å². The van der Waals surface area contributed by atoms with Crippen molar-refractivity contribution in [2.24, 2.45) is 0 Å². The second-order valence-corrected chi connectivity index (χ2v) is 3.23. The molecule has 0 aromatic heterocycles. The SMILES string of the molecule is CNC(=O)NC1CCC(=O)N(C)C1. The van der Waals surface area contributed by atoms with Crippen LogP contribution < -0.4 is 10.6 Å². The van der Waals surface area contributed by atoms with Gasteiger partial charge in [-0.2, -0.15) is 0 Å². The molecule has 1 fully saturated rings. The van der Waals surface area contributed by atoms with Crippen LogP contribution in [0, 0.1) is 0 Å². The summed E-state index contributed by atoms with van der Waals surface area (Å²) in [7, 11) is 3.33. The number of hydrogen-bond acceptors (Lipinski definition) is 2. The molecule has 5 nitrogen and oxygen atoms in total. The van der Waals surface area contributed by atoms with Crippen molar-refractivity contribution in [3.8, 4) is 0 Å². The normalized spacial score (nSPS) is 22.8. The van der Waals surface area contributed by atoms with Crippen LogP contribution in [0.1, 0.15) is 12.8 Å². The number of nitrogens with one attached hydrogen (secondary N) is 2. The van der Waals surface area contributed by atoms with Gasteiger partial charge in [-0.3, -0.25) is 4.79 Å². The van der Waals surface area contributed by atoms with Gasteiger partial charge in [-0.05, 0) is 6.42 Å². The summed E-state index contributed by atoms with van der Waals surface area (Å²) in [5.74, 6) is 0.148. The van der Waals surface area contributed by atoms with E-state index in [0.29, 0.717) is 13.0 Å². The first-order valence-corrected chi connectivity index (χ1v) is 4.35. The molecule has 1 unspecified atom stereocenters. The Labute approximate surface area is 77.5 Å². The fraction of sp³-hybridized carbons (Fsp3) is 0.750. The molecule has 3 amide bonds. The highest BCUT2D eigenvalue weighted by Gasteiger charge is 2.23. The predicted molar refractivity (Wildman–Crippen MR) is 48.3 cm³/mol. The Bertz CT molecular complexity index is 217. The van der Waals surface area contributed by atoms with Gasteiger partial charge in [-0.15, -0.1) is 0 Å². The van der Waals surface area contributed by atoms with E-state index in [-0.39, 0.29) is 18.0 Å². The third-order valence-electron chi connectivity index (χ3n) is 2.19. The van der Waals surface area contributed by atoms with Crippen molar-refractivity contribution in [1.82, 2.24) is 15.5 Å². The van der Waals surface area contributed by atoms with Gasteiger partial charge in [-0.1, -0.05) is 0 Å². The summed E-state index contributed by atoms with van der Waals surface area (Å²) in [6.07, 6.45) is 1.25. The highest BCUT2D eigenvalue weighted by Crippen LogP contribution is 2.08. The smallest absolute Gasteiger partial charge is 0.314 e. The minimum absolute atomic E-state index is 0.0858. The molecule has 1 heterocycles. The molecule has 74 valence electrons. The van der Waals surface area contributed by atoms with Gasteiger partial charge >= 0.3 is 6.03 Å². The van der Waals surface area contributed by atoms with Crippen molar-refractivity contribution in [3.63, 3.8) is 0 Å². The van der Waals surface area contributed by atoms with Crippen molar-refractivity contribution < 1.29 is 9.59 Å². The third kappa shape index (κ3) is 2.61. The zero-order valence-corrected chi connectivity index (χ0v) is 7.96. The van der Waals surface area contributed by atoms with Crippen molar-refractivity contribution in [2.45, 2.75) is 18.9 Å². The highest BCUT2D eigenvalue weighted by molar-refractivity contribution is 5.78. The summed E-state index contributed by atoms with van der Waals surface area (Å²) < 4.78 is 0. The summed E-state index contributed by atoms with van der Waals surface area (Å²) in [6.45, 7) is 0.603. The van der Waals surface area contributed by atoms with Crippen LogP contribution >= 0.6 is 0 Å². The maximum absolute atomic E-state index is 11.1. The lowest BCUT2D eigenvalue weighted by molar-refractivity contribution is -0.132. The number of likely N-dealkylation sites (N-methyl/N-ethyl adjacent to an activating group) is 1. The lowest BCUT2D eigenvalue weighted by Crippen LogP contribution is -2.50. The quantitative estimate of drug-likeness (QED) is 0.580. The monoisotopic (exact) mass is 185 g/mol. The first-order chi connectivity index (χ1) is 6.13. The number of carbonyl (C=O) groups is 2. The summed E-state index contributed by atoms with van der Waals surface area (Å²) in [6, 6.07) is -0.101. The molecule has 0 aliphatic carbocycles. The Balaban J connectivity index is 2.37. The van der Waals surface area contributed by atoms with E-state index in [2.05, 4.69) is 10.6 Å². The van der Waals surface area contributed by atoms with Gasteiger partial charge in [0.15, 0.2) is 0 Å². The molecular formula is C8H15N3O2. The third-order valence-corrected chi connectivity index (χ3v) is 2.19. The zero-order chi connectivity index (χ0) is 9.84. The predicted octanol–water partition coefficient (Wildman–Crippen LogP) is -0.464. The van der Waals surface area contributed by atoms with Gasteiger partial charge in [0.1, 0.15) is 0 Å². The Morgan fingerprint density at radius 1 is 1.62 bits per heavy atom. The van der Waals surface area contributed by atoms with Gasteiger partial charge in [-0.25, -0.2) is 4.79 Å². The molecule has 0 bridgehead atoms. The number of urea groups is 1. The van der Waals surface area contributed by atoms with Crippen molar-refractivity contribution >= 4 is 11.9 Å². The van der Waals surface area contributed by atoms with E-state index in [1.165, 1.54) is 0 Å². The lowest BCUT2D eigenvalue weighted by atomic mass is 10.1. The Kier molecular flexibility index (Phi) is 3.11. The van der Waals surface area contributed by atoms with Gasteiger partial charge in [0.2, 0.25) is 5.91 Å². The molecule has 0 saturated carbocycles. The summed E-state index contributed by atoms with van der Waals surface area (Å²) in [5, 5.41) is 5.26. The second kappa shape index (κ2) is 4.11. The number of carbonyl (C=O) groups excluding carboxylic acids is 2. The Morgan fingerprint density at radius 2 is 2.31 bits per heavy atom. The fourth-order valence-electron chi connectivity index (χ4n) is 1.39. The van der Waals surface area contributed by atoms with Gasteiger partial charge < -0.3 is 15.5 Å². The molecule has 1 atom stereocenters. The highest BCUT2D eigenvalue weighted by atomic mass is 16.2. The molecule has 0 radical (unpaired) electrons. The van der Waals surface area contributed by atoms with E-state index in [0.717, 1.165) is 6.42 Å². The molecule has 0 spiro atoms. The molecule has 0 aromatic carbocycles. The fourth-order valence-corrected chi connectivity index (χ4v) is 1.39. The Hall–Kier alpha value is -1.26. The summed E-state index contributed by atoms with van der Waals surface area (Å²) in [4.78, 5) is 23.7. The van der Waals surface area contributed by atoms with Gasteiger partial charge in [0.25, 0.3) is 0 Å². The number of hydrogen-bond donors (Lipinski definition) is 2. The molecule has 0 aromatic rings. The molecule has 1 aliphatic heterocycles. The van der Waals surface area contributed by atoms with Crippen LogP contribution in [0.2, 0.25) is 0 Å². The molecule has 2 N–H and O–H groups in total. The van der Waals surface area contributed by atoms with Gasteiger partial charge in [0, 0.05) is 33.1 Å². The average molecular weight is 185 g/mol. The average Bonchev–Trinajstić information content (AvgIpc) is 2.11. The van der Waals surface area contributed by atoms with Crippen molar-refractivity contribution in [1.29, 1.82) is 0 Å². The molecule has 1 rings (SSSR count). The van der Waals surface area contributed by atoms with Crippen LogP contribution in [0.5, 0.6) is 0 Å². The summed E-state index contributed by atoms with van der Waals surface area (Å²) in [5.41, 5.74) is 0. The maximum atomic E-state index is 11.1. The Morgan fingerprint density at radius 3 is 2.85 bits per heavy atom. The second-order valence-electron chi connectivity index (χ2n) is 3.23. The van der Waals surface area contributed by atoms with Crippen LogP contribution in [-0.4, -0.2) is 43.5 Å². The summed E-state index contributed by atoms with van der Waals surface area (Å²) >= 11 is 0. The van der Waals surface area contributed by atoms with E-state index >= 15 is 0 Å². The minimum Gasteiger partial charge on any atom is -0.344 e. The van der Waals surface area contributed by atoms with E-state index in [1.54, 1.807) is 19.0 Å². The van der Waals surface area contributed by atoms with Crippen molar-refractivity contribution in [2.75, 3.05) is 20.6 Å². The van der Waals surface area contributed by atoms with E-state index in [9.17, 15) is 9.59 Å². The number of likely N-dealkylation sites (tertiary alicyclic amines) is 1. The van der Waals surface area contributed by atoms with Crippen LogP contribution in [0.3, 0.4) is 0 Å². The zero-order valence-electron chi connectivity index (χ0n) is 7.96. The largest absolute Gasteiger partial charge is 0.344 e. The minimum atomic E-state index is -0.187.